The third kappa shape index (κ3) is 3.82. The van der Waals surface area contributed by atoms with E-state index in [-0.39, 0.29) is 62.6 Å². The number of nitrogens with two attached hydrogens (primary N) is 1. The summed E-state index contributed by atoms with van der Waals surface area (Å²) in [6, 6.07) is 3.06. The van der Waals surface area contributed by atoms with Gasteiger partial charge in [0, 0.05) is 17.4 Å². The van der Waals surface area contributed by atoms with E-state index >= 15 is 0 Å². The molecule has 0 unspecified atom stereocenters. The van der Waals surface area contributed by atoms with Crippen LogP contribution in [0.15, 0.2) is 18.3 Å². The molecule has 0 atom stereocenters. The molecule has 1 saturated carbocycles. The van der Waals surface area contributed by atoms with Crippen molar-refractivity contribution in [2.45, 2.75) is 24.7 Å². The van der Waals surface area contributed by atoms with Crippen molar-refractivity contribution in [1.82, 2.24) is 4.98 Å². The molecule has 2 rings (SSSR count). The van der Waals surface area contributed by atoms with Crippen LogP contribution in [0, 0.1) is 0 Å². The maximum absolute atomic E-state index is 12.1. The fraction of sp³-hybridized carbons (Fsp3) is 0.444. The second-order valence-corrected chi connectivity index (χ2v) is 4.11. The summed E-state index contributed by atoms with van der Waals surface area (Å²) >= 11 is 0. The van der Waals surface area contributed by atoms with Gasteiger partial charge < -0.3 is 18.7 Å². The Hall–Kier alpha value is 0.601. The minimum Gasteiger partial charge on any atom is -0.449 e. The van der Waals surface area contributed by atoms with Crippen molar-refractivity contribution in [2.75, 3.05) is 0 Å². The summed E-state index contributed by atoms with van der Waals surface area (Å²) in [7, 11) is 0. The van der Waals surface area contributed by atoms with E-state index in [1.807, 2.05) is 0 Å². The predicted molar refractivity (Wildman–Crippen MR) is 52.1 cm³/mol. The molecule has 1 aromatic heterocycles. The van der Waals surface area contributed by atoms with E-state index in [2.05, 4.69) is 4.98 Å². The Morgan fingerprint density at radius 2 is 1.94 bits per heavy atom. The van der Waals surface area contributed by atoms with Crippen LogP contribution in [-0.4, -0.2) is 12.0 Å². The maximum Gasteiger partial charge on any atom is 1.00 e. The van der Waals surface area contributed by atoms with E-state index in [0.717, 1.165) is 18.4 Å². The van der Waals surface area contributed by atoms with Gasteiger partial charge in [0.1, 0.15) is 0 Å². The Morgan fingerprint density at radius 1 is 1.31 bits per heavy atom. The fourth-order valence-corrected chi connectivity index (χ4v) is 1.50. The number of rotatable bonds is 3. The molecule has 0 saturated heterocycles. The van der Waals surface area contributed by atoms with Crippen molar-refractivity contribution < 1.29 is 64.3 Å². The molecule has 1 fully saturated rings. The standard InChI is InChI=1S/C9H11BF3N2.K/c11-10(12,13)5-8-2-1-7(6-15-8)9(14)3-4-9;/h1-2,6H,3-5,14H2;/q-1;+1. The van der Waals surface area contributed by atoms with Crippen LogP contribution < -0.4 is 57.1 Å². The maximum atomic E-state index is 12.1. The van der Waals surface area contributed by atoms with E-state index < -0.39 is 13.3 Å². The molecular formula is C9H11BF3KN2. The topological polar surface area (TPSA) is 38.9 Å². The first kappa shape index (κ1) is 14.7. The molecule has 0 aliphatic heterocycles. The average molecular weight is 254 g/mol. The molecule has 2 nitrogen and oxygen atoms in total. The van der Waals surface area contributed by atoms with Gasteiger partial charge in [-0.15, -0.1) is 0 Å². The van der Waals surface area contributed by atoms with Crippen molar-refractivity contribution in [3.63, 3.8) is 0 Å². The third-order valence-electron chi connectivity index (χ3n) is 2.63. The number of hydrogen-bond acceptors (Lipinski definition) is 2. The first-order valence-corrected chi connectivity index (χ1v) is 4.84. The van der Waals surface area contributed by atoms with Gasteiger partial charge in [-0.1, -0.05) is 6.07 Å². The zero-order valence-corrected chi connectivity index (χ0v) is 12.2. The summed E-state index contributed by atoms with van der Waals surface area (Å²) in [5.41, 5.74) is 6.46. The molecule has 0 radical (unpaired) electrons. The van der Waals surface area contributed by atoms with Crippen LogP contribution in [0.4, 0.5) is 12.9 Å². The number of aromatic nitrogens is 1. The Labute approximate surface area is 135 Å². The van der Waals surface area contributed by atoms with E-state index in [0.29, 0.717) is 0 Å². The summed E-state index contributed by atoms with van der Waals surface area (Å²) in [5.74, 6) is 0. The molecule has 1 aliphatic carbocycles. The minimum atomic E-state index is -4.80. The molecular weight excluding hydrogens is 243 g/mol. The Bertz CT molecular complexity index is 362. The van der Waals surface area contributed by atoms with Crippen LogP contribution in [-0.2, 0) is 11.9 Å². The predicted octanol–water partition coefficient (Wildman–Crippen LogP) is -1.04. The second-order valence-electron chi connectivity index (χ2n) is 4.11. The van der Waals surface area contributed by atoms with Gasteiger partial charge in [0.2, 0.25) is 0 Å². The van der Waals surface area contributed by atoms with Crippen molar-refractivity contribution in [2.24, 2.45) is 5.73 Å². The number of halogens is 3. The first-order chi connectivity index (χ1) is 6.89. The van der Waals surface area contributed by atoms with Gasteiger partial charge in [0.15, 0.2) is 0 Å². The average Bonchev–Trinajstić information content (AvgIpc) is 2.83. The Morgan fingerprint density at radius 3 is 2.31 bits per heavy atom. The molecule has 82 valence electrons. The van der Waals surface area contributed by atoms with Gasteiger partial charge in [0.05, 0.1) is 0 Å². The van der Waals surface area contributed by atoms with E-state index in [9.17, 15) is 12.9 Å². The van der Waals surface area contributed by atoms with Crippen LogP contribution in [0.2, 0.25) is 0 Å². The molecule has 0 spiro atoms. The van der Waals surface area contributed by atoms with Gasteiger partial charge >= 0.3 is 58.4 Å². The summed E-state index contributed by atoms with van der Waals surface area (Å²) < 4.78 is 36.3. The summed E-state index contributed by atoms with van der Waals surface area (Å²) in [6.07, 6.45) is 2.32. The minimum absolute atomic E-state index is 0. The zero-order valence-electron chi connectivity index (χ0n) is 9.09. The van der Waals surface area contributed by atoms with Gasteiger partial charge in [-0.3, -0.25) is 4.98 Å². The van der Waals surface area contributed by atoms with Crippen LogP contribution in [0.25, 0.3) is 0 Å². The molecule has 1 aromatic rings. The van der Waals surface area contributed by atoms with E-state index in [4.69, 9.17) is 5.73 Å². The van der Waals surface area contributed by atoms with Crippen molar-refractivity contribution in [3.05, 3.63) is 29.6 Å². The Balaban J connectivity index is 0.00000128. The monoisotopic (exact) mass is 254 g/mol. The molecule has 2 N–H and O–H groups in total. The molecule has 0 amide bonds. The van der Waals surface area contributed by atoms with Crippen molar-refractivity contribution in [3.8, 4) is 0 Å². The normalized spacial score (nSPS) is 17.8. The van der Waals surface area contributed by atoms with Crippen molar-refractivity contribution in [1.29, 1.82) is 0 Å². The quantitative estimate of drug-likeness (QED) is 0.700. The summed E-state index contributed by atoms with van der Waals surface area (Å²) in [6.45, 7) is -4.80. The van der Waals surface area contributed by atoms with Crippen LogP contribution in [0.1, 0.15) is 24.1 Å². The number of nitrogens with zero attached hydrogens (tertiary/aromatic N) is 1. The SMILES string of the molecule is NC1(c2ccc(C[B-](F)(F)F)nc2)CC1.[K+]. The molecule has 1 heterocycles. The summed E-state index contributed by atoms with van der Waals surface area (Å²) in [4.78, 5) is 3.79. The van der Waals surface area contributed by atoms with E-state index in [1.165, 1.54) is 12.3 Å². The van der Waals surface area contributed by atoms with E-state index in [1.54, 1.807) is 6.07 Å². The van der Waals surface area contributed by atoms with Gasteiger partial charge in [-0.05, 0) is 30.8 Å². The summed E-state index contributed by atoms with van der Waals surface area (Å²) in [5, 5.41) is 0. The molecule has 1 aliphatic rings. The Kier molecular flexibility index (Phi) is 4.65. The van der Waals surface area contributed by atoms with Crippen LogP contribution >= 0.6 is 0 Å². The molecule has 0 bridgehead atoms. The van der Waals surface area contributed by atoms with Gasteiger partial charge in [-0.2, -0.15) is 0 Å². The number of pyridine rings is 1. The first-order valence-electron chi connectivity index (χ1n) is 4.84. The van der Waals surface area contributed by atoms with Crippen molar-refractivity contribution >= 4 is 6.98 Å². The zero-order chi connectivity index (χ0) is 11.1. The van der Waals surface area contributed by atoms with Crippen LogP contribution in [0.3, 0.4) is 0 Å². The smallest absolute Gasteiger partial charge is 0.449 e. The third-order valence-corrected chi connectivity index (χ3v) is 2.63. The van der Waals surface area contributed by atoms with Crippen LogP contribution in [0.5, 0.6) is 0 Å². The molecule has 7 heteroatoms. The second kappa shape index (κ2) is 5.07. The largest absolute Gasteiger partial charge is 1.00 e. The van der Waals surface area contributed by atoms with Gasteiger partial charge in [0.25, 0.3) is 0 Å². The molecule has 0 aromatic carbocycles. The van der Waals surface area contributed by atoms with Gasteiger partial charge in [-0.25, -0.2) is 0 Å². The molecule has 16 heavy (non-hydrogen) atoms. The fourth-order valence-electron chi connectivity index (χ4n) is 1.50. The number of hydrogen-bond donors (Lipinski definition) is 1.